The van der Waals surface area contributed by atoms with Crippen LogP contribution in [0.15, 0.2) is 18.2 Å². The number of ether oxygens (including phenoxy) is 2. The van der Waals surface area contributed by atoms with Crippen LogP contribution in [-0.2, 0) is 6.54 Å². The number of β-amino-alcohol motifs (C(OH)–C–C–N with tert-alkyl or cyclic N) is 1. The third-order valence-electron chi connectivity index (χ3n) is 5.84. The molecule has 0 amide bonds. The second-order valence-corrected chi connectivity index (χ2v) is 8.00. The summed E-state index contributed by atoms with van der Waals surface area (Å²) in [5, 5.41) is 15.5. The van der Waals surface area contributed by atoms with E-state index in [1.165, 1.54) is 11.3 Å². The highest BCUT2D eigenvalue weighted by Crippen LogP contribution is 2.37. The lowest BCUT2D eigenvalue weighted by molar-refractivity contribution is 0.0474. The van der Waals surface area contributed by atoms with E-state index in [2.05, 4.69) is 43.3 Å². The molecule has 1 aromatic heterocycles. The second kappa shape index (κ2) is 7.17. The lowest BCUT2D eigenvalue weighted by atomic mass is 9.86. The number of rotatable bonds is 4. The summed E-state index contributed by atoms with van der Waals surface area (Å²) in [6.45, 7) is 11.3. The molecule has 2 aliphatic rings. The number of nitrogens with zero attached hydrogens (tertiary/aromatic N) is 3. The molecule has 0 aliphatic carbocycles. The zero-order valence-corrected chi connectivity index (χ0v) is 16.6. The van der Waals surface area contributed by atoms with Crippen LogP contribution in [0.2, 0.25) is 0 Å². The monoisotopic (exact) mass is 371 g/mol. The van der Waals surface area contributed by atoms with Crippen LogP contribution in [-0.4, -0.2) is 45.8 Å². The van der Waals surface area contributed by atoms with Crippen LogP contribution in [0.3, 0.4) is 0 Å². The molecular formula is C21H29N3O3. The molecule has 3 heterocycles. The van der Waals surface area contributed by atoms with E-state index in [0.717, 1.165) is 42.3 Å². The number of fused-ring (bicyclic) bond motifs is 1. The van der Waals surface area contributed by atoms with Gasteiger partial charge in [-0.25, -0.2) is 0 Å². The molecule has 0 spiro atoms. The third kappa shape index (κ3) is 3.44. The minimum atomic E-state index is -0.389. The highest BCUT2D eigenvalue weighted by atomic mass is 16.7. The first-order valence-electron chi connectivity index (χ1n) is 9.78. The predicted octanol–water partition coefficient (Wildman–Crippen LogP) is 3.16. The van der Waals surface area contributed by atoms with Gasteiger partial charge >= 0.3 is 0 Å². The van der Waals surface area contributed by atoms with Gasteiger partial charge < -0.3 is 14.6 Å². The standard InChI is InChI=1S/C21H29N3O3/c1-13(2)24-15(4)18(14(3)22-24)10-23-8-7-17(19(25)11-23)16-5-6-20-21(9-16)27-12-26-20/h5-6,9,13,17,19,25H,7-8,10-12H2,1-4H3/t17-,19+/m1/s1. The van der Waals surface area contributed by atoms with Crippen molar-refractivity contribution in [3.8, 4) is 11.5 Å². The predicted molar refractivity (Wildman–Crippen MR) is 103 cm³/mol. The Bertz CT molecular complexity index is 830. The van der Waals surface area contributed by atoms with Gasteiger partial charge in [0.15, 0.2) is 11.5 Å². The topological polar surface area (TPSA) is 59.8 Å². The number of benzene rings is 1. The maximum Gasteiger partial charge on any atom is 0.231 e. The molecule has 1 N–H and O–H groups in total. The zero-order valence-electron chi connectivity index (χ0n) is 16.6. The molecule has 1 fully saturated rings. The van der Waals surface area contributed by atoms with Gasteiger partial charge in [0, 0.05) is 36.3 Å². The fourth-order valence-corrected chi connectivity index (χ4v) is 4.33. The third-order valence-corrected chi connectivity index (χ3v) is 5.84. The largest absolute Gasteiger partial charge is 0.454 e. The summed E-state index contributed by atoms with van der Waals surface area (Å²) in [5.74, 6) is 1.71. The van der Waals surface area contributed by atoms with Crippen molar-refractivity contribution in [2.45, 2.75) is 58.7 Å². The fraction of sp³-hybridized carbons (Fsp3) is 0.571. The molecular weight excluding hydrogens is 342 g/mol. The summed E-state index contributed by atoms with van der Waals surface area (Å²) in [4.78, 5) is 2.34. The molecule has 1 saturated heterocycles. The van der Waals surface area contributed by atoms with Crippen molar-refractivity contribution in [3.05, 3.63) is 40.7 Å². The van der Waals surface area contributed by atoms with Crippen LogP contribution in [0.4, 0.5) is 0 Å². The molecule has 2 atom stereocenters. The van der Waals surface area contributed by atoms with E-state index in [1.807, 2.05) is 12.1 Å². The van der Waals surface area contributed by atoms with Gasteiger partial charge in [0.2, 0.25) is 6.79 Å². The molecule has 6 heteroatoms. The first-order valence-corrected chi connectivity index (χ1v) is 9.78. The molecule has 0 radical (unpaired) electrons. The lowest BCUT2D eigenvalue weighted by Crippen LogP contribution is -2.42. The van der Waals surface area contributed by atoms with Gasteiger partial charge in [-0.2, -0.15) is 5.10 Å². The molecule has 6 nitrogen and oxygen atoms in total. The Morgan fingerprint density at radius 1 is 1.22 bits per heavy atom. The minimum absolute atomic E-state index is 0.135. The summed E-state index contributed by atoms with van der Waals surface area (Å²) < 4.78 is 13.0. The SMILES string of the molecule is Cc1nn(C(C)C)c(C)c1CN1CC[C@H](c2ccc3c(c2)OCO3)[C@@H](O)C1. The number of aliphatic hydroxyl groups excluding tert-OH is 1. The first-order chi connectivity index (χ1) is 12.9. The van der Waals surface area contributed by atoms with E-state index >= 15 is 0 Å². The highest BCUT2D eigenvalue weighted by molar-refractivity contribution is 5.45. The number of likely N-dealkylation sites (tertiary alicyclic amines) is 1. The molecule has 2 aliphatic heterocycles. The smallest absolute Gasteiger partial charge is 0.231 e. The van der Waals surface area contributed by atoms with Crippen LogP contribution in [0.5, 0.6) is 11.5 Å². The lowest BCUT2D eigenvalue weighted by Gasteiger charge is -2.36. The summed E-state index contributed by atoms with van der Waals surface area (Å²) in [7, 11) is 0. The number of hydrogen-bond acceptors (Lipinski definition) is 5. The van der Waals surface area contributed by atoms with E-state index in [0.29, 0.717) is 12.6 Å². The molecule has 4 rings (SSSR count). The van der Waals surface area contributed by atoms with E-state index in [1.54, 1.807) is 0 Å². The van der Waals surface area contributed by atoms with E-state index in [4.69, 9.17) is 14.6 Å². The van der Waals surface area contributed by atoms with Gasteiger partial charge in [0.25, 0.3) is 0 Å². The van der Waals surface area contributed by atoms with Gasteiger partial charge in [-0.05, 0) is 58.4 Å². The van der Waals surface area contributed by atoms with Gasteiger partial charge in [0.05, 0.1) is 11.8 Å². The molecule has 27 heavy (non-hydrogen) atoms. The molecule has 0 bridgehead atoms. The molecule has 0 unspecified atom stereocenters. The van der Waals surface area contributed by atoms with Crippen molar-refractivity contribution in [2.75, 3.05) is 19.9 Å². The Kier molecular flexibility index (Phi) is 4.86. The fourth-order valence-electron chi connectivity index (χ4n) is 4.33. The van der Waals surface area contributed by atoms with Gasteiger partial charge in [-0.3, -0.25) is 9.58 Å². The van der Waals surface area contributed by atoms with Crippen molar-refractivity contribution in [1.29, 1.82) is 0 Å². The number of aliphatic hydroxyl groups is 1. The van der Waals surface area contributed by atoms with Crippen molar-refractivity contribution in [3.63, 3.8) is 0 Å². The molecule has 2 aromatic rings. The number of aromatic nitrogens is 2. The molecule has 146 valence electrons. The average molecular weight is 371 g/mol. The van der Waals surface area contributed by atoms with E-state index in [9.17, 15) is 5.11 Å². The Morgan fingerprint density at radius 3 is 2.70 bits per heavy atom. The summed E-state index contributed by atoms with van der Waals surface area (Å²) in [5.41, 5.74) is 4.74. The second-order valence-electron chi connectivity index (χ2n) is 8.00. The maximum absolute atomic E-state index is 10.8. The van der Waals surface area contributed by atoms with Crippen LogP contribution < -0.4 is 9.47 Å². The maximum atomic E-state index is 10.8. The summed E-state index contributed by atoms with van der Waals surface area (Å²) in [6, 6.07) is 6.38. The van der Waals surface area contributed by atoms with Crippen LogP contribution in [0.1, 0.15) is 54.7 Å². The zero-order chi connectivity index (χ0) is 19.1. The molecule has 1 aromatic carbocycles. The van der Waals surface area contributed by atoms with Crippen molar-refractivity contribution in [1.82, 2.24) is 14.7 Å². The van der Waals surface area contributed by atoms with Crippen LogP contribution in [0.25, 0.3) is 0 Å². The number of piperidine rings is 1. The van der Waals surface area contributed by atoms with E-state index < -0.39 is 0 Å². The van der Waals surface area contributed by atoms with Crippen LogP contribution in [0, 0.1) is 13.8 Å². The van der Waals surface area contributed by atoms with Crippen molar-refractivity contribution >= 4 is 0 Å². The normalized spacial score (nSPS) is 22.6. The number of aryl methyl sites for hydroxylation is 1. The molecule has 0 saturated carbocycles. The Balaban J connectivity index is 1.45. The van der Waals surface area contributed by atoms with Gasteiger partial charge in [0.1, 0.15) is 0 Å². The van der Waals surface area contributed by atoms with Gasteiger partial charge in [-0.1, -0.05) is 6.07 Å². The summed E-state index contributed by atoms with van der Waals surface area (Å²) in [6.07, 6.45) is 0.539. The van der Waals surface area contributed by atoms with Gasteiger partial charge in [-0.15, -0.1) is 0 Å². The first kappa shape index (κ1) is 18.3. The average Bonchev–Trinajstić information content (AvgIpc) is 3.21. The Morgan fingerprint density at radius 2 is 2.00 bits per heavy atom. The van der Waals surface area contributed by atoms with Crippen LogP contribution >= 0.6 is 0 Å². The van der Waals surface area contributed by atoms with Crippen molar-refractivity contribution in [2.24, 2.45) is 0 Å². The Labute approximate surface area is 160 Å². The van der Waals surface area contributed by atoms with E-state index in [-0.39, 0.29) is 18.8 Å². The van der Waals surface area contributed by atoms with Crippen molar-refractivity contribution < 1.29 is 14.6 Å². The quantitative estimate of drug-likeness (QED) is 0.895. The number of hydrogen-bond donors (Lipinski definition) is 1. The highest BCUT2D eigenvalue weighted by Gasteiger charge is 2.31. The summed E-state index contributed by atoms with van der Waals surface area (Å²) >= 11 is 0. The Hall–Kier alpha value is -2.05. The minimum Gasteiger partial charge on any atom is -0.454 e.